The van der Waals surface area contributed by atoms with Crippen LogP contribution in [0.5, 0.6) is 0 Å². The van der Waals surface area contributed by atoms with E-state index in [0.717, 1.165) is 18.5 Å². The van der Waals surface area contributed by atoms with Gasteiger partial charge in [-0.05, 0) is 30.7 Å². The van der Waals surface area contributed by atoms with Gasteiger partial charge in [0.2, 0.25) is 0 Å². The van der Waals surface area contributed by atoms with Crippen LogP contribution in [0.2, 0.25) is 10.0 Å². The molecule has 0 amide bonds. The number of halogens is 2. The van der Waals surface area contributed by atoms with E-state index in [4.69, 9.17) is 23.2 Å². The van der Waals surface area contributed by atoms with E-state index in [-0.39, 0.29) is 0 Å². The van der Waals surface area contributed by atoms with Crippen LogP contribution in [0, 0.1) is 0 Å². The monoisotopic (exact) mass is 317 g/mol. The molecule has 0 radical (unpaired) electrons. The zero-order valence-corrected chi connectivity index (χ0v) is 13.7. The number of nitrogens with one attached hydrogen (secondary N) is 1. The Labute approximate surface area is 132 Å². The van der Waals surface area contributed by atoms with Crippen LogP contribution in [-0.4, -0.2) is 18.2 Å². The molecule has 2 nitrogen and oxygen atoms in total. The first-order valence-electron chi connectivity index (χ1n) is 7.49. The zero-order chi connectivity index (χ0) is 14.8. The number of benzene rings is 1. The molecule has 4 heteroatoms. The third-order valence-electron chi connectivity index (χ3n) is 3.37. The SMILES string of the molecule is CCCCCCCCNCC(O)c1ccc(Cl)c(Cl)c1. The molecule has 1 aromatic carbocycles. The number of aliphatic hydroxyl groups excluding tert-OH is 1. The van der Waals surface area contributed by atoms with Crippen molar-refractivity contribution >= 4 is 23.2 Å². The smallest absolute Gasteiger partial charge is 0.0914 e. The average Bonchev–Trinajstić information content (AvgIpc) is 2.44. The first-order valence-corrected chi connectivity index (χ1v) is 8.24. The Morgan fingerprint density at radius 3 is 2.45 bits per heavy atom. The van der Waals surface area contributed by atoms with E-state index in [2.05, 4.69) is 12.2 Å². The van der Waals surface area contributed by atoms with Gasteiger partial charge in [0.15, 0.2) is 0 Å². The van der Waals surface area contributed by atoms with Crippen molar-refractivity contribution in [3.05, 3.63) is 33.8 Å². The number of rotatable bonds is 10. The number of unbranched alkanes of at least 4 members (excludes halogenated alkanes) is 5. The molecule has 114 valence electrons. The molecule has 0 aliphatic heterocycles. The Morgan fingerprint density at radius 1 is 1.05 bits per heavy atom. The normalized spacial score (nSPS) is 12.6. The van der Waals surface area contributed by atoms with Crippen LogP contribution < -0.4 is 5.32 Å². The lowest BCUT2D eigenvalue weighted by molar-refractivity contribution is 0.174. The Hall–Kier alpha value is -0.280. The van der Waals surface area contributed by atoms with Gasteiger partial charge in [-0.3, -0.25) is 0 Å². The zero-order valence-electron chi connectivity index (χ0n) is 12.2. The van der Waals surface area contributed by atoms with Crippen molar-refractivity contribution in [3.8, 4) is 0 Å². The van der Waals surface area contributed by atoms with Crippen LogP contribution in [0.15, 0.2) is 18.2 Å². The Balaban J connectivity index is 2.13. The van der Waals surface area contributed by atoms with Gasteiger partial charge in [0.1, 0.15) is 0 Å². The Bertz CT molecular complexity index is 385. The molecule has 1 rings (SSSR count). The maximum absolute atomic E-state index is 10.0. The molecular formula is C16H25Cl2NO. The van der Waals surface area contributed by atoms with E-state index in [9.17, 15) is 5.11 Å². The van der Waals surface area contributed by atoms with Crippen molar-refractivity contribution < 1.29 is 5.11 Å². The van der Waals surface area contributed by atoms with Crippen LogP contribution >= 0.6 is 23.2 Å². The van der Waals surface area contributed by atoms with E-state index in [0.29, 0.717) is 16.6 Å². The highest BCUT2D eigenvalue weighted by molar-refractivity contribution is 6.42. The molecule has 0 bridgehead atoms. The predicted octanol–water partition coefficient (Wildman–Crippen LogP) is 4.98. The maximum Gasteiger partial charge on any atom is 0.0914 e. The van der Waals surface area contributed by atoms with Gasteiger partial charge in [-0.15, -0.1) is 0 Å². The molecule has 0 spiro atoms. The molecule has 0 saturated heterocycles. The summed E-state index contributed by atoms with van der Waals surface area (Å²) in [4.78, 5) is 0. The summed E-state index contributed by atoms with van der Waals surface area (Å²) in [5.74, 6) is 0. The van der Waals surface area contributed by atoms with Gasteiger partial charge < -0.3 is 10.4 Å². The molecule has 1 aromatic rings. The minimum atomic E-state index is -0.537. The van der Waals surface area contributed by atoms with E-state index in [1.807, 2.05) is 6.07 Å². The molecule has 0 saturated carbocycles. The first kappa shape index (κ1) is 17.8. The number of aliphatic hydroxyl groups is 1. The molecule has 2 N–H and O–H groups in total. The summed E-state index contributed by atoms with van der Waals surface area (Å²) >= 11 is 11.8. The third kappa shape index (κ3) is 6.94. The molecule has 1 unspecified atom stereocenters. The summed E-state index contributed by atoms with van der Waals surface area (Å²) in [6.07, 6.45) is 7.16. The van der Waals surface area contributed by atoms with Gasteiger partial charge in [-0.25, -0.2) is 0 Å². The summed E-state index contributed by atoms with van der Waals surface area (Å²) in [6.45, 7) is 3.73. The lowest BCUT2D eigenvalue weighted by atomic mass is 10.1. The van der Waals surface area contributed by atoms with Crippen molar-refractivity contribution in [1.29, 1.82) is 0 Å². The molecule has 1 atom stereocenters. The highest BCUT2D eigenvalue weighted by Crippen LogP contribution is 2.25. The third-order valence-corrected chi connectivity index (χ3v) is 4.11. The highest BCUT2D eigenvalue weighted by Gasteiger charge is 2.08. The second kappa shape index (κ2) is 10.4. The molecule has 0 aliphatic carbocycles. The van der Waals surface area contributed by atoms with Gasteiger partial charge in [0.05, 0.1) is 16.1 Å². The van der Waals surface area contributed by atoms with E-state index < -0.39 is 6.10 Å². The van der Waals surface area contributed by atoms with Crippen molar-refractivity contribution in [2.24, 2.45) is 0 Å². The van der Waals surface area contributed by atoms with Gasteiger partial charge >= 0.3 is 0 Å². The number of hydrogen-bond donors (Lipinski definition) is 2. The number of hydrogen-bond acceptors (Lipinski definition) is 2. The van der Waals surface area contributed by atoms with Gasteiger partial charge in [0, 0.05) is 6.54 Å². The van der Waals surface area contributed by atoms with Crippen LogP contribution in [0.4, 0.5) is 0 Å². The van der Waals surface area contributed by atoms with Crippen LogP contribution in [-0.2, 0) is 0 Å². The highest BCUT2D eigenvalue weighted by atomic mass is 35.5. The molecular weight excluding hydrogens is 293 g/mol. The molecule has 0 fully saturated rings. The molecule has 20 heavy (non-hydrogen) atoms. The topological polar surface area (TPSA) is 32.3 Å². The van der Waals surface area contributed by atoms with Crippen molar-refractivity contribution in [3.63, 3.8) is 0 Å². The maximum atomic E-state index is 10.0. The first-order chi connectivity index (χ1) is 9.65. The minimum Gasteiger partial charge on any atom is -0.387 e. The van der Waals surface area contributed by atoms with Crippen LogP contribution in [0.1, 0.15) is 57.1 Å². The molecule has 0 aromatic heterocycles. The predicted molar refractivity (Wildman–Crippen MR) is 87.7 cm³/mol. The average molecular weight is 318 g/mol. The minimum absolute atomic E-state index is 0.485. The van der Waals surface area contributed by atoms with Gasteiger partial charge in [-0.2, -0.15) is 0 Å². The Morgan fingerprint density at radius 2 is 1.75 bits per heavy atom. The van der Waals surface area contributed by atoms with Crippen LogP contribution in [0.25, 0.3) is 0 Å². The van der Waals surface area contributed by atoms with Crippen molar-refractivity contribution in [1.82, 2.24) is 5.32 Å². The summed E-state index contributed by atoms with van der Waals surface area (Å²) in [6, 6.07) is 5.25. The summed E-state index contributed by atoms with van der Waals surface area (Å²) in [5, 5.41) is 14.3. The van der Waals surface area contributed by atoms with Gasteiger partial charge in [-0.1, -0.05) is 68.3 Å². The quantitative estimate of drug-likeness (QED) is 0.597. The van der Waals surface area contributed by atoms with Crippen molar-refractivity contribution in [2.75, 3.05) is 13.1 Å². The van der Waals surface area contributed by atoms with E-state index in [1.165, 1.54) is 32.1 Å². The lowest BCUT2D eigenvalue weighted by Gasteiger charge is -2.13. The van der Waals surface area contributed by atoms with E-state index in [1.54, 1.807) is 12.1 Å². The standard InChI is InChI=1S/C16H25Cl2NO/c1-2-3-4-5-6-7-10-19-12-16(20)13-8-9-14(17)15(18)11-13/h8-9,11,16,19-20H,2-7,10,12H2,1H3. The second-order valence-corrected chi connectivity index (χ2v) is 5.98. The molecule has 0 heterocycles. The fourth-order valence-electron chi connectivity index (χ4n) is 2.11. The Kier molecular flexibility index (Phi) is 9.28. The lowest BCUT2D eigenvalue weighted by Crippen LogP contribution is -2.22. The summed E-state index contributed by atoms with van der Waals surface area (Å²) in [7, 11) is 0. The fourth-order valence-corrected chi connectivity index (χ4v) is 2.41. The largest absolute Gasteiger partial charge is 0.387 e. The molecule has 0 aliphatic rings. The fraction of sp³-hybridized carbons (Fsp3) is 0.625. The summed E-state index contributed by atoms with van der Waals surface area (Å²) < 4.78 is 0. The van der Waals surface area contributed by atoms with E-state index >= 15 is 0 Å². The second-order valence-electron chi connectivity index (χ2n) is 5.16. The van der Waals surface area contributed by atoms with Crippen LogP contribution in [0.3, 0.4) is 0 Å². The van der Waals surface area contributed by atoms with Gasteiger partial charge in [0.25, 0.3) is 0 Å². The van der Waals surface area contributed by atoms with Crippen molar-refractivity contribution in [2.45, 2.75) is 51.6 Å². The summed E-state index contributed by atoms with van der Waals surface area (Å²) in [5.41, 5.74) is 0.801.